The Morgan fingerprint density at radius 1 is 1.25 bits per heavy atom. The minimum absolute atomic E-state index is 0.0602. The molecule has 0 bridgehead atoms. The van der Waals surface area contributed by atoms with Crippen LogP contribution in [-0.4, -0.2) is 47.9 Å². The molecule has 4 heteroatoms. The van der Waals surface area contributed by atoms with Gasteiger partial charge in [-0.25, -0.2) is 0 Å². The number of nitrogens with one attached hydrogen (secondary N) is 2. The number of carbonyl (C=O) groups excluding carboxylic acids is 1. The first-order chi connectivity index (χ1) is 9.68. The summed E-state index contributed by atoms with van der Waals surface area (Å²) in [4.78, 5) is 18.4. The molecule has 2 aromatic rings. The Morgan fingerprint density at radius 2 is 1.95 bits per heavy atom. The SMILES string of the molecule is Cc1[nH]c2ccccc2c1C(=O)C(C)N1CCNCC1. The summed E-state index contributed by atoms with van der Waals surface area (Å²) in [7, 11) is 0. The third-order valence-corrected chi connectivity index (χ3v) is 4.22. The number of rotatable bonds is 3. The monoisotopic (exact) mass is 271 g/mol. The Hall–Kier alpha value is -1.65. The van der Waals surface area contributed by atoms with E-state index in [-0.39, 0.29) is 11.8 Å². The van der Waals surface area contributed by atoms with E-state index in [4.69, 9.17) is 0 Å². The van der Waals surface area contributed by atoms with Gasteiger partial charge in [-0.15, -0.1) is 0 Å². The van der Waals surface area contributed by atoms with E-state index < -0.39 is 0 Å². The zero-order valence-electron chi connectivity index (χ0n) is 12.1. The molecule has 106 valence electrons. The molecule has 20 heavy (non-hydrogen) atoms. The first-order valence-corrected chi connectivity index (χ1v) is 7.25. The lowest BCUT2D eigenvalue weighted by Crippen LogP contribution is -2.50. The normalized spacial score (nSPS) is 18.3. The van der Waals surface area contributed by atoms with E-state index in [2.05, 4.69) is 15.2 Å². The predicted molar refractivity (Wildman–Crippen MR) is 81.3 cm³/mol. The van der Waals surface area contributed by atoms with E-state index in [1.54, 1.807) is 0 Å². The summed E-state index contributed by atoms with van der Waals surface area (Å²) in [5, 5.41) is 4.36. The van der Waals surface area contributed by atoms with Crippen LogP contribution in [0.15, 0.2) is 24.3 Å². The first kappa shape index (κ1) is 13.3. The molecule has 1 aromatic carbocycles. The van der Waals surface area contributed by atoms with Crippen LogP contribution in [0.5, 0.6) is 0 Å². The molecule has 1 atom stereocenters. The third-order valence-electron chi connectivity index (χ3n) is 4.22. The number of carbonyl (C=O) groups is 1. The Bertz CT molecular complexity index is 626. The van der Waals surface area contributed by atoms with Crippen molar-refractivity contribution in [3.8, 4) is 0 Å². The second kappa shape index (κ2) is 5.38. The number of hydrogen-bond acceptors (Lipinski definition) is 3. The van der Waals surface area contributed by atoms with Crippen molar-refractivity contribution in [3.63, 3.8) is 0 Å². The van der Waals surface area contributed by atoms with Gasteiger partial charge in [0.15, 0.2) is 5.78 Å². The Balaban J connectivity index is 1.93. The van der Waals surface area contributed by atoms with Crippen molar-refractivity contribution >= 4 is 16.7 Å². The van der Waals surface area contributed by atoms with Crippen LogP contribution in [0.1, 0.15) is 23.0 Å². The maximum atomic E-state index is 12.9. The van der Waals surface area contributed by atoms with Crippen molar-refractivity contribution in [3.05, 3.63) is 35.5 Å². The van der Waals surface area contributed by atoms with E-state index >= 15 is 0 Å². The average molecular weight is 271 g/mol. The molecular weight excluding hydrogens is 250 g/mol. The number of ketones is 1. The van der Waals surface area contributed by atoms with Gasteiger partial charge in [-0.2, -0.15) is 0 Å². The molecule has 1 fully saturated rings. The molecule has 0 amide bonds. The van der Waals surface area contributed by atoms with E-state index in [1.165, 1.54) is 0 Å². The van der Waals surface area contributed by atoms with E-state index in [1.807, 2.05) is 38.1 Å². The lowest BCUT2D eigenvalue weighted by molar-refractivity contribution is 0.0821. The number of hydrogen-bond donors (Lipinski definition) is 2. The smallest absolute Gasteiger partial charge is 0.182 e. The maximum Gasteiger partial charge on any atom is 0.182 e. The van der Waals surface area contributed by atoms with Crippen molar-refractivity contribution in [2.24, 2.45) is 0 Å². The standard InChI is InChI=1S/C16H21N3O/c1-11-15(13-5-3-4-6-14(13)18-11)16(20)12(2)19-9-7-17-8-10-19/h3-6,12,17-18H,7-10H2,1-2H3. The highest BCUT2D eigenvalue weighted by Crippen LogP contribution is 2.24. The van der Waals surface area contributed by atoms with Gasteiger partial charge < -0.3 is 10.3 Å². The largest absolute Gasteiger partial charge is 0.358 e. The van der Waals surface area contributed by atoms with E-state index in [9.17, 15) is 4.79 Å². The molecule has 2 N–H and O–H groups in total. The molecule has 0 aliphatic carbocycles. The maximum absolute atomic E-state index is 12.9. The zero-order valence-corrected chi connectivity index (χ0v) is 12.1. The molecule has 3 rings (SSSR count). The van der Waals surface area contributed by atoms with Gasteiger partial charge in [0.05, 0.1) is 6.04 Å². The summed E-state index contributed by atoms with van der Waals surface area (Å²) in [5.74, 6) is 0.224. The molecule has 0 saturated carbocycles. The fourth-order valence-corrected chi connectivity index (χ4v) is 3.04. The van der Waals surface area contributed by atoms with Gasteiger partial charge in [-0.3, -0.25) is 9.69 Å². The van der Waals surface area contributed by atoms with Gasteiger partial charge in [0.2, 0.25) is 0 Å². The lowest BCUT2D eigenvalue weighted by Gasteiger charge is -2.31. The van der Waals surface area contributed by atoms with Gasteiger partial charge in [-0.05, 0) is 19.9 Å². The second-order valence-corrected chi connectivity index (χ2v) is 5.50. The quantitative estimate of drug-likeness (QED) is 0.839. The molecule has 1 aromatic heterocycles. The molecule has 1 unspecified atom stereocenters. The van der Waals surface area contributed by atoms with E-state index in [0.29, 0.717) is 0 Å². The fourth-order valence-electron chi connectivity index (χ4n) is 3.04. The number of H-pyrrole nitrogens is 1. The van der Waals surface area contributed by atoms with Crippen molar-refractivity contribution < 1.29 is 4.79 Å². The summed E-state index contributed by atoms with van der Waals surface area (Å²) in [6, 6.07) is 7.97. The Kier molecular flexibility index (Phi) is 3.59. The third kappa shape index (κ3) is 2.25. The molecule has 1 aliphatic heterocycles. The number of fused-ring (bicyclic) bond motifs is 1. The highest BCUT2D eigenvalue weighted by Gasteiger charge is 2.26. The molecule has 0 radical (unpaired) electrons. The molecule has 1 aliphatic rings. The van der Waals surface area contributed by atoms with Crippen LogP contribution in [-0.2, 0) is 0 Å². The summed E-state index contributed by atoms with van der Waals surface area (Å²) >= 11 is 0. The van der Waals surface area contributed by atoms with Gasteiger partial charge >= 0.3 is 0 Å². The number of piperazine rings is 1. The number of nitrogens with zero attached hydrogens (tertiary/aromatic N) is 1. The number of aryl methyl sites for hydroxylation is 1. The van der Waals surface area contributed by atoms with Crippen LogP contribution in [0.2, 0.25) is 0 Å². The molecule has 0 spiro atoms. The molecular formula is C16H21N3O. The molecule has 1 saturated heterocycles. The minimum Gasteiger partial charge on any atom is -0.358 e. The second-order valence-electron chi connectivity index (χ2n) is 5.50. The predicted octanol–water partition coefficient (Wildman–Crippen LogP) is 1.95. The van der Waals surface area contributed by atoms with Crippen LogP contribution >= 0.6 is 0 Å². The van der Waals surface area contributed by atoms with Crippen LogP contribution in [0.25, 0.3) is 10.9 Å². The van der Waals surface area contributed by atoms with Crippen LogP contribution < -0.4 is 5.32 Å². The topological polar surface area (TPSA) is 48.1 Å². The summed E-state index contributed by atoms with van der Waals surface area (Å²) in [5.41, 5.74) is 2.87. The van der Waals surface area contributed by atoms with Crippen molar-refractivity contribution in [2.75, 3.05) is 26.2 Å². The van der Waals surface area contributed by atoms with Crippen molar-refractivity contribution in [2.45, 2.75) is 19.9 Å². The van der Waals surface area contributed by atoms with Crippen molar-refractivity contribution in [1.29, 1.82) is 0 Å². The minimum atomic E-state index is -0.0602. The number of aromatic nitrogens is 1. The average Bonchev–Trinajstić information content (AvgIpc) is 2.82. The fraction of sp³-hybridized carbons (Fsp3) is 0.438. The Morgan fingerprint density at radius 3 is 2.70 bits per heavy atom. The first-order valence-electron chi connectivity index (χ1n) is 7.25. The van der Waals surface area contributed by atoms with Gasteiger partial charge in [0.1, 0.15) is 0 Å². The number of para-hydroxylation sites is 1. The number of benzene rings is 1. The van der Waals surface area contributed by atoms with Gasteiger partial charge in [-0.1, -0.05) is 18.2 Å². The highest BCUT2D eigenvalue weighted by molar-refractivity contribution is 6.11. The van der Waals surface area contributed by atoms with Crippen LogP contribution in [0, 0.1) is 6.92 Å². The number of Topliss-reactive ketones (excluding diaryl/α,β-unsaturated/α-hetero) is 1. The van der Waals surface area contributed by atoms with E-state index in [0.717, 1.165) is 48.3 Å². The van der Waals surface area contributed by atoms with Crippen molar-refractivity contribution in [1.82, 2.24) is 15.2 Å². The van der Waals surface area contributed by atoms with Crippen LogP contribution in [0.3, 0.4) is 0 Å². The summed E-state index contributed by atoms with van der Waals surface area (Å²) < 4.78 is 0. The molecule has 4 nitrogen and oxygen atoms in total. The molecule has 2 heterocycles. The zero-order chi connectivity index (χ0) is 14.1. The van der Waals surface area contributed by atoms with Gasteiger partial charge in [0, 0.05) is 48.3 Å². The van der Waals surface area contributed by atoms with Crippen LogP contribution in [0.4, 0.5) is 0 Å². The number of aromatic amines is 1. The highest BCUT2D eigenvalue weighted by atomic mass is 16.1. The summed E-state index contributed by atoms with van der Waals surface area (Å²) in [6.45, 7) is 7.81. The Labute approximate surface area is 119 Å². The lowest BCUT2D eigenvalue weighted by atomic mass is 10.0. The summed E-state index contributed by atoms with van der Waals surface area (Å²) in [6.07, 6.45) is 0. The van der Waals surface area contributed by atoms with Gasteiger partial charge in [0.25, 0.3) is 0 Å².